The summed E-state index contributed by atoms with van der Waals surface area (Å²) in [5, 5.41) is 6.68. The van der Waals surface area contributed by atoms with E-state index in [-0.39, 0.29) is 11.4 Å². The standard InChI is InChI=1S/C14H26N2O/c1-3-14(9-4-10-15-14)13(17)16-12-7-5-11(2)6-8-12/h11-12,15H,3-10H2,1-2H3,(H,16,17). The van der Waals surface area contributed by atoms with Crippen molar-refractivity contribution in [3.63, 3.8) is 0 Å². The molecule has 0 aromatic rings. The van der Waals surface area contributed by atoms with Gasteiger partial charge < -0.3 is 10.6 Å². The monoisotopic (exact) mass is 238 g/mol. The van der Waals surface area contributed by atoms with Gasteiger partial charge in [0.25, 0.3) is 0 Å². The Bertz CT molecular complexity index is 263. The third-order valence-electron chi connectivity index (χ3n) is 4.63. The van der Waals surface area contributed by atoms with Crippen LogP contribution >= 0.6 is 0 Å². The Morgan fingerprint density at radius 2 is 2.06 bits per heavy atom. The van der Waals surface area contributed by atoms with Gasteiger partial charge in [0, 0.05) is 6.04 Å². The molecule has 98 valence electrons. The van der Waals surface area contributed by atoms with Crippen molar-refractivity contribution in [2.45, 2.75) is 70.4 Å². The molecular formula is C14H26N2O. The first-order valence-corrected chi connectivity index (χ1v) is 7.22. The second-order valence-corrected chi connectivity index (χ2v) is 5.90. The van der Waals surface area contributed by atoms with Gasteiger partial charge in [-0.1, -0.05) is 13.8 Å². The molecule has 1 saturated heterocycles. The van der Waals surface area contributed by atoms with Crippen LogP contribution in [-0.4, -0.2) is 24.0 Å². The first-order chi connectivity index (χ1) is 8.16. The van der Waals surface area contributed by atoms with Gasteiger partial charge in [0.15, 0.2) is 0 Å². The molecule has 17 heavy (non-hydrogen) atoms. The van der Waals surface area contributed by atoms with Crippen molar-refractivity contribution in [2.24, 2.45) is 5.92 Å². The molecule has 2 fully saturated rings. The molecule has 0 spiro atoms. The van der Waals surface area contributed by atoms with E-state index in [2.05, 4.69) is 24.5 Å². The summed E-state index contributed by atoms with van der Waals surface area (Å²) < 4.78 is 0. The van der Waals surface area contributed by atoms with Crippen LogP contribution in [0.5, 0.6) is 0 Å². The smallest absolute Gasteiger partial charge is 0.240 e. The molecule has 0 aromatic carbocycles. The van der Waals surface area contributed by atoms with Crippen LogP contribution in [-0.2, 0) is 4.79 Å². The largest absolute Gasteiger partial charge is 0.352 e. The summed E-state index contributed by atoms with van der Waals surface area (Å²) in [5.74, 6) is 1.09. The molecule has 1 unspecified atom stereocenters. The summed E-state index contributed by atoms with van der Waals surface area (Å²) in [4.78, 5) is 12.4. The average Bonchev–Trinajstić information content (AvgIpc) is 2.82. The van der Waals surface area contributed by atoms with E-state index in [1.54, 1.807) is 0 Å². The molecule has 1 amide bonds. The zero-order valence-corrected chi connectivity index (χ0v) is 11.2. The summed E-state index contributed by atoms with van der Waals surface area (Å²) in [6.45, 7) is 5.41. The Kier molecular flexibility index (Phi) is 4.08. The number of carbonyl (C=O) groups excluding carboxylic acids is 1. The topological polar surface area (TPSA) is 41.1 Å². The molecule has 1 heterocycles. The molecule has 2 N–H and O–H groups in total. The number of hydrogen-bond acceptors (Lipinski definition) is 2. The Labute approximate surface area is 105 Å². The molecule has 3 heteroatoms. The second-order valence-electron chi connectivity index (χ2n) is 5.90. The number of amides is 1. The van der Waals surface area contributed by atoms with Gasteiger partial charge in [0.05, 0.1) is 5.54 Å². The van der Waals surface area contributed by atoms with Gasteiger partial charge in [-0.25, -0.2) is 0 Å². The molecule has 2 rings (SSSR count). The van der Waals surface area contributed by atoms with E-state index in [1.807, 2.05) is 0 Å². The minimum atomic E-state index is -0.261. The molecule has 0 aromatic heterocycles. The van der Waals surface area contributed by atoms with E-state index in [0.29, 0.717) is 6.04 Å². The van der Waals surface area contributed by atoms with E-state index < -0.39 is 0 Å². The molecule has 0 bridgehead atoms. The zero-order valence-electron chi connectivity index (χ0n) is 11.2. The highest BCUT2D eigenvalue weighted by atomic mass is 16.2. The Morgan fingerprint density at radius 3 is 2.59 bits per heavy atom. The van der Waals surface area contributed by atoms with E-state index in [0.717, 1.165) is 44.6 Å². The molecule has 0 radical (unpaired) electrons. The highest BCUT2D eigenvalue weighted by molar-refractivity contribution is 5.86. The van der Waals surface area contributed by atoms with Gasteiger partial charge in [0.2, 0.25) is 5.91 Å². The third-order valence-corrected chi connectivity index (χ3v) is 4.63. The van der Waals surface area contributed by atoms with Crippen LogP contribution < -0.4 is 10.6 Å². The Hall–Kier alpha value is -0.570. The minimum absolute atomic E-state index is 0.247. The first kappa shape index (κ1) is 12.9. The molecule has 1 atom stereocenters. The fourth-order valence-corrected chi connectivity index (χ4v) is 3.19. The van der Waals surface area contributed by atoms with Crippen LogP contribution in [0.25, 0.3) is 0 Å². The Balaban J connectivity index is 1.87. The minimum Gasteiger partial charge on any atom is -0.352 e. The van der Waals surface area contributed by atoms with Crippen LogP contribution in [0.4, 0.5) is 0 Å². The molecule has 1 saturated carbocycles. The molecule has 1 aliphatic carbocycles. The normalized spacial score (nSPS) is 38.0. The van der Waals surface area contributed by atoms with Gasteiger partial charge in [-0.2, -0.15) is 0 Å². The van der Waals surface area contributed by atoms with Crippen LogP contribution in [0.15, 0.2) is 0 Å². The summed E-state index contributed by atoms with van der Waals surface area (Å²) in [6, 6.07) is 0.421. The Morgan fingerprint density at radius 1 is 1.35 bits per heavy atom. The van der Waals surface area contributed by atoms with E-state index in [9.17, 15) is 4.79 Å². The van der Waals surface area contributed by atoms with Crippen molar-refractivity contribution >= 4 is 5.91 Å². The number of hydrogen-bond donors (Lipinski definition) is 2. The van der Waals surface area contributed by atoms with E-state index in [4.69, 9.17) is 0 Å². The lowest BCUT2D eigenvalue weighted by molar-refractivity contribution is -0.128. The summed E-state index contributed by atoms with van der Waals surface area (Å²) >= 11 is 0. The maximum Gasteiger partial charge on any atom is 0.240 e. The van der Waals surface area contributed by atoms with Gasteiger partial charge >= 0.3 is 0 Å². The maximum absolute atomic E-state index is 12.4. The highest BCUT2D eigenvalue weighted by Gasteiger charge is 2.39. The fraction of sp³-hybridized carbons (Fsp3) is 0.929. The quantitative estimate of drug-likeness (QED) is 0.791. The van der Waals surface area contributed by atoms with Crippen LogP contribution in [0.3, 0.4) is 0 Å². The molecule has 3 nitrogen and oxygen atoms in total. The van der Waals surface area contributed by atoms with Crippen molar-refractivity contribution in [3.05, 3.63) is 0 Å². The van der Waals surface area contributed by atoms with Crippen LogP contribution in [0, 0.1) is 5.92 Å². The third kappa shape index (κ3) is 2.82. The van der Waals surface area contributed by atoms with Crippen molar-refractivity contribution in [1.29, 1.82) is 0 Å². The van der Waals surface area contributed by atoms with Crippen LogP contribution in [0.1, 0.15) is 58.8 Å². The maximum atomic E-state index is 12.4. The molecular weight excluding hydrogens is 212 g/mol. The fourth-order valence-electron chi connectivity index (χ4n) is 3.19. The summed E-state index contributed by atoms with van der Waals surface area (Å²) in [7, 11) is 0. The summed E-state index contributed by atoms with van der Waals surface area (Å²) in [6.07, 6.45) is 7.87. The van der Waals surface area contributed by atoms with Crippen molar-refractivity contribution in [2.75, 3.05) is 6.54 Å². The highest BCUT2D eigenvalue weighted by Crippen LogP contribution is 2.26. The number of rotatable bonds is 3. The SMILES string of the molecule is CCC1(C(=O)NC2CCC(C)CC2)CCCN1. The van der Waals surface area contributed by atoms with E-state index in [1.165, 1.54) is 12.8 Å². The molecule has 1 aliphatic heterocycles. The van der Waals surface area contributed by atoms with Crippen LogP contribution in [0.2, 0.25) is 0 Å². The van der Waals surface area contributed by atoms with E-state index >= 15 is 0 Å². The van der Waals surface area contributed by atoms with Crippen molar-refractivity contribution in [1.82, 2.24) is 10.6 Å². The lowest BCUT2D eigenvalue weighted by atomic mass is 9.86. The predicted octanol–water partition coefficient (Wildman–Crippen LogP) is 2.21. The number of carbonyl (C=O) groups is 1. The van der Waals surface area contributed by atoms with Gasteiger partial charge in [-0.3, -0.25) is 4.79 Å². The van der Waals surface area contributed by atoms with Crippen molar-refractivity contribution < 1.29 is 4.79 Å². The number of nitrogens with one attached hydrogen (secondary N) is 2. The van der Waals surface area contributed by atoms with Gasteiger partial charge in [-0.15, -0.1) is 0 Å². The lowest BCUT2D eigenvalue weighted by Gasteiger charge is -2.32. The molecule has 2 aliphatic rings. The van der Waals surface area contributed by atoms with Gasteiger partial charge in [-0.05, 0) is 57.4 Å². The second kappa shape index (κ2) is 5.38. The predicted molar refractivity (Wildman–Crippen MR) is 69.8 cm³/mol. The zero-order chi connectivity index (χ0) is 12.3. The summed E-state index contributed by atoms with van der Waals surface area (Å²) in [5.41, 5.74) is -0.261. The lowest BCUT2D eigenvalue weighted by Crippen LogP contribution is -2.55. The van der Waals surface area contributed by atoms with Crippen molar-refractivity contribution in [3.8, 4) is 0 Å². The average molecular weight is 238 g/mol. The first-order valence-electron chi connectivity index (χ1n) is 7.22. The van der Waals surface area contributed by atoms with Gasteiger partial charge in [0.1, 0.15) is 0 Å².